The Hall–Kier alpha value is -0.610. The highest BCUT2D eigenvalue weighted by molar-refractivity contribution is 5.76. The first-order valence-corrected chi connectivity index (χ1v) is 5.46. The van der Waals surface area contributed by atoms with Crippen LogP contribution in [0.5, 0.6) is 0 Å². The highest BCUT2D eigenvalue weighted by Crippen LogP contribution is 2.12. The second kappa shape index (κ2) is 5.32. The molecule has 1 aliphatic rings. The molecule has 1 rings (SSSR count). The topological polar surface area (TPSA) is 49.6 Å². The van der Waals surface area contributed by atoms with E-state index in [0.717, 1.165) is 32.5 Å². The van der Waals surface area contributed by atoms with Crippen LogP contribution >= 0.6 is 0 Å². The van der Waals surface area contributed by atoms with Crippen molar-refractivity contribution in [1.82, 2.24) is 10.0 Å². The number of nitrogens with zero attached hydrogens (tertiary/aromatic N) is 2. The minimum absolute atomic E-state index is 0.170. The molecule has 0 aromatic heterocycles. The summed E-state index contributed by atoms with van der Waals surface area (Å²) in [5.74, 6) is 0.249. The van der Waals surface area contributed by atoms with Crippen LogP contribution in [0.25, 0.3) is 0 Å². The Labute approximate surface area is 86.0 Å². The summed E-state index contributed by atoms with van der Waals surface area (Å²) in [7, 11) is 0. The molecule has 1 heterocycles. The van der Waals surface area contributed by atoms with Gasteiger partial charge in [-0.15, -0.1) is 0 Å². The van der Waals surface area contributed by atoms with Crippen molar-refractivity contribution in [2.75, 3.05) is 19.6 Å². The molecule has 0 aromatic rings. The zero-order valence-corrected chi connectivity index (χ0v) is 9.20. The van der Waals surface area contributed by atoms with E-state index in [0.29, 0.717) is 6.42 Å². The lowest BCUT2D eigenvalue weighted by Crippen LogP contribution is -2.51. The van der Waals surface area contributed by atoms with E-state index in [9.17, 15) is 4.79 Å². The first kappa shape index (κ1) is 11.5. The van der Waals surface area contributed by atoms with Crippen LogP contribution in [0.3, 0.4) is 0 Å². The van der Waals surface area contributed by atoms with Crippen molar-refractivity contribution < 1.29 is 4.79 Å². The summed E-state index contributed by atoms with van der Waals surface area (Å²) in [6, 6.07) is 0.170. The number of rotatable bonds is 4. The molecule has 4 heteroatoms. The fourth-order valence-corrected chi connectivity index (χ4v) is 1.74. The third kappa shape index (κ3) is 2.96. The zero-order valence-electron chi connectivity index (χ0n) is 9.20. The molecule has 0 saturated carbocycles. The van der Waals surface area contributed by atoms with E-state index >= 15 is 0 Å². The van der Waals surface area contributed by atoms with Gasteiger partial charge in [0.25, 0.3) is 0 Å². The number of carbonyl (C=O) groups excluding carboxylic acids is 1. The number of hydrazine groups is 1. The van der Waals surface area contributed by atoms with Gasteiger partial charge < -0.3 is 5.73 Å². The third-order valence-electron chi connectivity index (χ3n) is 2.60. The van der Waals surface area contributed by atoms with Gasteiger partial charge in [-0.05, 0) is 19.8 Å². The van der Waals surface area contributed by atoms with Crippen molar-refractivity contribution in [2.45, 2.75) is 39.2 Å². The molecule has 82 valence electrons. The van der Waals surface area contributed by atoms with Crippen molar-refractivity contribution in [2.24, 2.45) is 5.73 Å². The SMILES string of the molecule is CCN1CCCC(=O)N1CCC(C)N. The Bertz CT molecular complexity index is 194. The molecule has 0 radical (unpaired) electrons. The molecule has 1 aliphatic heterocycles. The molecule has 1 atom stereocenters. The van der Waals surface area contributed by atoms with Gasteiger partial charge in [0.2, 0.25) is 5.91 Å². The second-order valence-corrected chi connectivity index (χ2v) is 3.93. The van der Waals surface area contributed by atoms with E-state index in [4.69, 9.17) is 5.73 Å². The highest BCUT2D eigenvalue weighted by Gasteiger charge is 2.24. The molecular weight excluding hydrogens is 178 g/mol. The van der Waals surface area contributed by atoms with E-state index in [1.165, 1.54) is 0 Å². The summed E-state index contributed by atoms with van der Waals surface area (Å²) in [6.45, 7) is 6.73. The number of nitrogens with two attached hydrogens (primary N) is 1. The Morgan fingerprint density at radius 2 is 2.29 bits per heavy atom. The molecule has 0 spiro atoms. The predicted octanol–water partition coefficient (Wildman–Crippen LogP) is 0.583. The van der Waals surface area contributed by atoms with Crippen LogP contribution in [-0.4, -0.2) is 41.6 Å². The summed E-state index contributed by atoms with van der Waals surface area (Å²) >= 11 is 0. The first-order valence-electron chi connectivity index (χ1n) is 5.46. The number of hydrogen-bond acceptors (Lipinski definition) is 3. The van der Waals surface area contributed by atoms with Gasteiger partial charge in [-0.25, -0.2) is 5.01 Å². The smallest absolute Gasteiger partial charge is 0.236 e. The minimum Gasteiger partial charge on any atom is -0.328 e. The fourth-order valence-electron chi connectivity index (χ4n) is 1.74. The van der Waals surface area contributed by atoms with E-state index < -0.39 is 0 Å². The maximum Gasteiger partial charge on any atom is 0.236 e. The molecule has 14 heavy (non-hydrogen) atoms. The van der Waals surface area contributed by atoms with Crippen molar-refractivity contribution >= 4 is 5.91 Å². The Morgan fingerprint density at radius 3 is 2.86 bits per heavy atom. The molecule has 1 fully saturated rings. The zero-order chi connectivity index (χ0) is 10.6. The molecule has 1 saturated heterocycles. The monoisotopic (exact) mass is 199 g/mol. The lowest BCUT2D eigenvalue weighted by Gasteiger charge is -2.38. The average molecular weight is 199 g/mol. The number of carbonyl (C=O) groups is 1. The lowest BCUT2D eigenvalue weighted by atomic mass is 10.2. The maximum absolute atomic E-state index is 11.6. The van der Waals surface area contributed by atoms with Crippen LogP contribution < -0.4 is 5.73 Å². The molecule has 2 N–H and O–H groups in total. The van der Waals surface area contributed by atoms with Crippen molar-refractivity contribution in [3.8, 4) is 0 Å². The number of hydrogen-bond donors (Lipinski definition) is 1. The van der Waals surface area contributed by atoms with Gasteiger partial charge in [-0.3, -0.25) is 9.80 Å². The molecule has 1 amide bonds. The Morgan fingerprint density at radius 1 is 1.57 bits per heavy atom. The predicted molar refractivity (Wildman–Crippen MR) is 56.5 cm³/mol. The van der Waals surface area contributed by atoms with Crippen LogP contribution in [0, 0.1) is 0 Å². The standard InChI is InChI=1S/C10H21N3O/c1-3-12-7-4-5-10(14)13(12)8-6-9(2)11/h9H,3-8,11H2,1-2H3. The fraction of sp³-hybridized carbons (Fsp3) is 0.900. The summed E-state index contributed by atoms with van der Waals surface area (Å²) in [6.07, 6.45) is 2.55. The van der Waals surface area contributed by atoms with Gasteiger partial charge in [0, 0.05) is 32.1 Å². The summed E-state index contributed by atoms with van der Waals surface area (Å²) in [4.78, 5) is 11.6. The average Bonchev–Trinajstić information content (AvgIpc) is 2.15. The summed E-state index contributed by atoms with van der Waals surface area (Å²) < 4.78 is 0. The third-order valence-corrected chi connectivity index (χ3v) is 2.60. The van der Waals surface area contributed by atoms with Gasteiger partial charge >= 0.3 is 0 Å². The molecule has 0 aromatic carbocycles. The van der Waals surface area contributed by atoms with E-state index in [-0.39, 0.29) is 11.9 Å². The van der Waals surface area contributed by atoms with Crippen molar-refractivity contribution in [3.05, 3.63) is 0 Å². The van der Waals surface area contributed by atoms with Crippen LogP contribution in [0.15, 0.2) is 0 Å². The van der Waals surface area contributed by atoms with Gasteiger partial charge in [0.15, 0.2) is 0 Å². The van der Waals surface area contributed by atoms with E-state index in [1.54, 1.807) is 0 Å². The lowest BCUT2D eigenvalue weighted by molar-refractivity contribution is -0.155. The van der Waals surface area contributed by atoms with Crippen molar-refractivity contribution in [1.29, 1.82) is 0 Å². The normalized spacial score (nSPS) is 21.4. The Kier molecular flexibility index (Phi) is 4.35. The molecular formula is C10H21N3O. The van der Waals surface area contributed by atoms with Crippen LogP contribution in [0.2, 0.25) is 0 Å². The highest BCUT2D eigenvalue weighted by atomic mass is 16.2. The molecule has 0 aliphatic carbocycles. The minimum atomic E-state index is 0.170. The van der Waals surface area contributed by atoms with Crippen LogP contribution in [-0.2, 0) is 4.79 Å². The van der Waals surface area contributed by atoms with E-state index in [1.807, 2.05) is 11.9 Å². The molecule has 4 nitrogen and oxygen atoms in total. The summed E-state index contributed by atoms with van der Waals surface area (Å²) in [5, 5.41) is 3.99. The quantitative estimate of drug-likeness (QED) is 0.720. The Balaban J connectivity index is 2.46. The first-order chi connectivity index (χ1) is 6.65. The van der Waals surface area contributed by atoms with Gasteiger partial charge in [-0.2, -0.15) is 0 Å². The second-order valence-electron chi connectivity index (χ2n) is 3.93. The van der Waals surface area contributed by atoms with Crippen LogP contribution in [0.1, 0.15) is 33.1 Å². The van der Waals surface area contributed by atoms with Crippen molar-refractivity contribution in [3.63, 3.8) is 0 Å². The molecule has 1 unspecified atom stereocenters. The van der Waals surface area contributed by atoms with E-state index in [2.05, 4.69) is 11.9 Å². The van der Waals surface area contributed by atoms with Gasteiger partial charge in [0.1, 0.15) is 0 Å². The van der Waals surface area contributed by atoms with Gasteiger partial charge in [-0.1, -0.05) is 6.92 Å². The summed E-state index contributed by atoms with van der Waals surface area (Å²) in [5.41, 5.74) is 5.69. The number of amides is 1. The van der Waals surface area contributed by atoms with Crippen LogP contribution in [0.4, 0.5) is 0 Å². The molecule has 0 bridgehead atoms. The van der Waals surface area contributed by atoms with Gasteiger partial charge in [0.05, 0.1) is 0 Å². The maximum atomic E-state index is 11.6. The largest absolute Gasteiger partial charge is 0.328 e.